The van der Waals surface area contributed by atoms with Gasteiger partial charge in [0, 0.05) is 30.9 Å². The number of ether oxygens (including phenoxy) is 1. The molecule has 2 heterocycles. The molecule has 0 aliphatic carbocycles. The number of anilines is 1. The van der Waals surface area contributed by atoms with E-state index in [0.29, 0.717) is 31.6 Å². The number of thiazole rings is 1. The third-order valence-electron chi connectivity index (χ3n) is 4.07. The molecule has 1 amide bonds. The minimum Gasteiger partial charge on any atom is -0.433 e. The normalized spacial score (nSPS) is 17.1. The van der Waals surface area contributed by atoms with E-state index in [0.717, 1.165) is 12.1 Å². The van der Waals surface area contributed by atoms with Crippen molar-refractivity contribution in [2.24, 2.45) is 0 Å². The first-order valence-corrected chi connectivity index (χ1v) is 9.01. The number of amides is 1. The number of nitrogens with one attached hydrogen (secondary N) is 1. The fourth-order valence-electron chi connectivity index (χ4n) is 2.91. The number of carbonyl (C=O) groups is 1. The van der Waals surface area contributed by atoms with E-state index >= 15 is 0 Å². The zero-order valence-electron chi connectivity index (χ0n) is 13.5. The largest absolute Gasteiger partial charge is 0.433 e. The summed E-state index contributed by atoms with van der Waals surface area (Å²) in [6.07, 6.45) is 1.79. The Kier molecular flexibility index (Phi) is 5.80. The minimum absolute atomic E-state index is 0.00235. The first-order valence-electron chi connectivity index (χ1n) is 8.07. The standard InChI is InChI=1S/C17H19F2N3O2S/c18-17(19)24-15-4-2-1-3-14(15)22-8-7-12(9-22)21-16(23)6-5-13-10-25-11-20-13/h1-4,10-12,17H,5-9H2,(H,21,23). The van der Waals surface area contributed by atoms with Crippen molar-refractivity contribution in [3.63, 3.8) is 0 Å². The number of hydrogen-bond donors (Lipinski definition) is 1. The van der Waals surface area contributed by atoms with E-state index in [-0.39, 0.29) is 17.7 Å². The first-order chi connectivity index (χ1) is 12.1. The van der Waals surface area contributed by atoms with E-state index in [1.807, 2.05) is 10.3 Å². The molecule has 1 aromatic carbocycles. The van der Waals surface area contributed by atoms with Crippen LogP contribution in [-0.4, -0.2) is 36.6 Å². The second-order valence-electron chi connectivity index (χ2n) is 5.83. The van der Waals surface area contributed by atoms with Gasteiger partial charge in [0.1, 0.15) is 5.75 Å². The molecule has 1 aromatic heterocycles. The Morgan fingerprint density at radius 1 is 1.44 bits per heavy atom. The molecule has 1 N–H and O–H groups in total. The van der Waals surface area contributed by atoms with Crippen molar-refractivity contribution in [1.82, 2.24) is 10.3 Å². The van der Waals surface area contributed by atoms with Crippen molar-refractivity contribution in [3.05, 3.63) is 40.8 Å². The summed E-state index contributed by atoms with van der Waals surface area (Å²) < 4.78 is 29.7. The zero-order chi connectivity index (χ0) is 17.6. The van der Waals surface area contributed by atoms with Crippen LogP contribution in [0.25, 0.3) is 0 Å². The van der Waals surface area contributed by atoms with Gasteiger partial charge in [0.2, 0.25) is 5.91 Å². The fourth-order valence-corrected chi connectivity index (χ4v) is 3.51. The number of nitrogens with zero attached hydrogens (tertiary/aromatic N) is 2. The number of para-hydroxylation sites is 2. The van der Waals surface area contributed by atoms with Gasteiger partial charge >= 0.3 is 6.61 Å². The topological polar surface area (TPSA) is 54.5 Å². The van der Waals surface area contributed by atoms with Gasteiger partial charge in [0.15, 0.2) is 0 Å². The highest BCUT2D eigenvalue weighted by molar-refractivity contribution is 7.07. The van der Waals surface area contributed by atoms with E-state index in [9.17, 15) is 13.6 Å². The predicted molar refractivity (Wildman–Crippen MR) is 92.3 cm³/mol. The molecular weight excluding hydrogens is 348 g/mol. The average Bonchev–Trinajstić information content (AvgIpc) is 3.24. The molecule has 1 aliphatic rings. The average molecular weight is 367 g/mol. The number of aryl methyl sites for hydroxylation is 1. The van der Waals surface area contributed by atoms with Gasteiger partial charge in [-0.15, -0.1) is 11.3 Å². The summed E-state index contributed by atoms with van der Waals surface area (Å²) in [4.78, 5) is 18.2. The second-order valence-corrected chi connectivity index (χ2v) is 6.54. The molecule has 1 fully saturated rings. The monoisotopic (exact) mass is 367 g/mol. The molecule has 0 spiro atoms. The molecule has 8 heteroatoms. The van der Waals surface area contributed by atoms with Crippen LogP contribution in [0.15, 0.2) is 35.2 Å². The van der Waals surface area contributed by atoms with Gasteiger partial charge in [-0.1, -0.05) is 12.1 Å². The predicted octanol–water partition coefficient (Wildman–Crippen LogP) is 3.07. The van der Waals surface area contributed by atoms with Crippen molar-refractivity contribution in [2.45, 2.75) is 31.9 Å². The smallest absolute Gasteiger partial charge is 0.387 e. The number of aromatic nitrogens is 1. The molecule has 1 atom stereocenters. The minimum atomic E-state index is -2.86. The molecule has 134 valence electrons. The van der Waals surface area contributed by atoms with Gasteiger partial charge < -0.3 is 15.0 Å². The Bertz CT molecular complexity index is 697. The number of rotatable bonds is 7. The van der Waals surface area contributed by atoms with Crippen LogP contribution in [-0.2, 0) is 11.2 Å². The maximum atomic E-state index is 12.5. The molecule has 2 aromatic rings. The summed E-state index contributed by atoms with van der Waals surface area (Å²) in [7, 11) is 0. The van der Waals surface area contributed by atoms with Crippen LogP contribution in [0.3, 0.4) is 0 Å². The zero-order valence-corrected chi connectivity index (χ0v) is 14.3. The quantitative estimate of drug-likeness (QED) is 0.817. The Balaban J connectivity index is 1.52. The lowest BCUT2D eigenvalue weighted by Crippen LogP contribution is -2.37. The third-order valence-corrected chi connectivity index (χ3v) is 4.70. The summed E-state index contributed by atoms with van der Waals surface area (Å²) in [6, 6.07) is 6.73. The van der Waals surface area contributed by atoms with Gasteiger partial charge in [-0.05, 0) is 25.0 Å². The second kappa shape index (κ2) is 8.24. The Labute approximate surface area is 148 Å². The molecule has 1 unspecified atom stereocenters. The van der Waals surface area contributed by atoms with Crippen molar-refractivity contribution < 1.29 is 18.3 Å². The van der Waals surface area contributed by atoms with Crippen LogP contribution >= 0.6 is 11.3 Å². The summed E-state index contributed by atoms with van der Waals surface area (Å²) in [5.74, 6) is 0.143. The van der Waals surface area contributed by atoms with E-state index in [1.165, 1.54) is 17.4 Å². The lowest BCUT2D eigenvalue weighted by Gasteiger charge is -2.22. The van der Waals surface area contributed by atoms with E-state index < -0.39 is 6.61 Å². The van der Waals surface area contributed by atoms with Gasteiger partial charge in [0.05, 0.1) is 16.9 Å². The van der Waals surface area contributed by atoms with E-state index in [2.05, 4.69) is 15.0 Å². The Morgan fingerprint density at radius 2 is 2.28 bits per heavy atom. The van der Waals surface area contributed by atoms with Crippen LogP contribution in [0.5, 0.6) is 5.75 Å². The molecule has 0 radical (unpaired) electrons. The third kappa shape index (κ3) is 4.88. The van der Waals surface area contributed by atoms with Crippen LogP contribution < -0.4 is 15.0 Å². The molecule has 3 rings (SSSR count). The summed E-state index contributed by atoms with van der Waals surface area (Å²) in [5.41, 5.74) is 3.30. The Morgan fingerprint density at radius 3 is 3.04 bits per heavy atom. The summed E-state index contributed by atoms with van der Waals surface area (Å²) in [6.45, 7) is -1.60. The molecule has 25 heavy (non-hydrogen) atoms. The number of carbonyl (C=O) groups excluding carboxylic acids is 1. The molecular formula is C17H19F2N3O2S. The van der Waals surface area contributed by atoms with Gasteiger partial charge in [0.25, 0.3) is 0 Å². The van der Waals surface area contributed by atoms with Crippen molar-refractivity contribution in [1.29, 1.82) is 0 Å². The van der Waals surface area contributed by atoms with Gasteiger partial charge in [-0.3, -0.25) is 4.79 Å². The van der Waals surface area contributed by atoms with Gasteiger partial charge in [-0.2, -0.15) is 8.78 Å². The highest BCUT2D eigenvalue weighted by atomic mass is 32.1. The molecule has 0 bridgehead atoms. The summed E-state index contributed by atoms with van der Waals surface area (Å²) >= 11 is 1.51. The number of alkyl halides is 2. The molecule has 1 aliphatic heterocycles. The van der Waals surface area contributed by atoms with Crippen LogP contribution in [0, 0.1) is 0 Å². The lowest BCUT2D eigenvalue weighted by molar-refractivity contribution is -0.121. The van der Waals surface area contributed by atoms with E-state index in [4.69, 9.17) is 0 Å². The fraction of sp³-hybridized carbons (Fsp3) is 0.412. The maximum Gasteiger partial charge on any atom is 0.387 e. The van der Waals surface area contributed by atoms with E-state index in [1.54, 1.807) is 23.7 Å². The Hall–Kier alpha value is -2.22. The summed E-state index contributed by atoms with van der Waals surface area (Å²) in [5, 5.41) is 4.94. The van der Waals surface area contributed by atoms with Crippen LogP contribution in [0.2, 0.25) is 0 Å². The van der Waals surface area contributed by atoms with Crippen molar-refractivity contribution >= 4 is 22.9 Å². The number of halogens is 2. The highest BCUT2D eigenvalue weighted by Crippen LogP contribution is 2.31. The maximum absolute atomic E-state index is 12.5. The van der Waals surface area contributed by atoms with Crippen molar-refractivity contribution in [3.8, 4) is 5.75 Å². The highest BCUT2D eigenvalue weighted by Gasteiger charge is 2.26. The number of benzene rings is 1. The first kappa shape index (κ1) is 17.6. The molecule has 0 saturated carbocycles. The van der Waals surface area contributed by atoms with Crippen molar-refractivity contribution in [2.75, 3.05) is 18.0 Å². The molecule has 5 nitrogen and oxygen atoms in total. The van der Waals surface area contributed by atoms with Crippen LogP contribution in [0.1, 0.15) is 18.5 Å². The number of hydrogen-bond acceptors (Lipinski definition) is 5. The lowest BCUT2D eigenvalue weighted by atomic mass is 10.2. The van der Waals surface area contributed by atoms with Gasteiger partial charge in [-0.25, -0.2) is 4.98 Å². The SMILES string of the molecule is O=C(CCc1cscn1)NC1CCN(c2ccccc2OC(F)F)C1. The van der Waals surface area contributed by atoms with Crippen LogP contribution in [0.4, 0.5) is 14.5 Å². The molecule has 1 saturated heterocycles.